The molecule has 0 spiro atoms. The average Bonchev–Trinajstić information content (AvgIpc) is 1.85. The normalized spacial score (nSPS) is 9.82. The number of hydrogen-bond donors (Lipinski definition) is 2. The van der Waals surface area contributed by atoms with Crippen LogP contribution in [0, 0.1) is 6.92 Å². The molecule has 2 N–H and O–H groups in total. The molecule has 2 nitrogen and oxygen atoms in total. The lowest BCUT2D eigenvalue weighted by atomic mass is 9.80. The van der Waals surface area contributed by atoms with Gasteiger partial charge in [0.15, 0.2) is 0 Å². The summed E-state index contributed by atoms with van der Waals surface area (Å²) < 4.78 is 0.729. The molecule has 0 heterocycles. The molecule has 1 aromatic carbocycles. The SMILES string of the molecule is Cc1ccc(B(O)O)c(Br)c1. The molecule has 0 aliphatic heterocycles. The van der Waals surface area contributed by atoms with Gasteiger partial charge in [-0.3, -0.25) is 0 Å². The van der Waals surface area contributed by atoms with Crippen LogP contribution in [0.25, 0.3) is 0 Å². The molecule has 1 rings (SSSR count). The van der Waals surface area contributed by atoms with Crippen LogP contribution in [0.15, 0.2) is 22.7 Å². The molecule has 11 heavy (non-hydrogen) atoms. The second kappa shape index (κ2) is 3.39. The van der Waals surface area contributed by atoms with Gasteiger partial charge in [-0.2, -0.15) is 0 Å². The van der Waals surface area contributed by atoms with Crippen LogP contribution in [0.3, 0.4) is 0 Å². The minimum absolute atomic E-state index is 0.496. The summed E-state index contributed by atoms with van der Waals surface area (Å²) in [4.78, 5) is 0. The van der Waals surface area contributed by atoms with E-state index in [1.165, 1.54) is 0 Å². The van der Waals surface area contributed by atoms with E-state index >= 15 is 0 Å². The summed E-state index contributed by atoms with van der Waals surface area (Å²) in [5, 5.41) is 17.6. The molecule has 4 heteroatoms. The second-order valence-corrected chi connectivity index (χ2v) is 3.25. The lowest BCUT2D eigenvalue weighted by Gasteiger charge is -2.02. The zero-order valence-corrected chi connectivity index (χ0v) is 7.67. The fraction of sp³-hybridized carbons (Fsp3) is 0.143. The molecule has 0 atom stereocenters. The van der Waals surface area contributed by atoms with Gasteiger partial charge < -0.3 is 10.0 Å². The summed E-state index contributed by atoms with van der Waals surface area (Å²) >= 11 is 3.23. The van der Waals surface area contributed by atoms with Gasteiger partial charge >= 0.3 is 7.12 Å². The fourth-order valence-corrected chi connectivity index (χ4v) is 1.54. The zero-order chi connectivity index (χ0) is 8.43. The first-order valence-electron chi connectivity index (χ1n) is 3.23. The van der Waals surface area contributed by atoms with Gasteiger partial charge in [0.05, 0.1) is 0 Å². The summed E-state index contributed by atoms with van der Waals surface area (Å²) in [5.41, 5.74) is 1.58. The van der Waals surface area contributed by atoms with E-state index in [4.69, 9.17) is 10.0 Å². The molecule has 1 aromatic rings. The van der Waals surface area contributed by atoms with Crippen LogP contribution in [0.4, 0.5) is 0 Å². The van der Waals surface area contributed by atoms with Crippen LogP contribution >= 0.6 is 15.9 Å². The molecule has 0 aromatic heterocycles. The van der Waals surface area contributed by atoms with Crippen molar-refractivity contribution in [2.45, 2.75) is 6.92 Å². The van der Waals surface area contributed by atoms with Crippen LogP contribution in [0.1, 0.15) is 5.56 Å². The van der Waals surface area contributed by atoms with Crippen molar-refractivity contribution < 1.29 is 10.0 Å². The van der Waals surface area contributed by atoms with Crippen molar-refractivity contribution in [1.82, 2.24) is 0 Å². The van der Waals surface area contributed by atoms with Crippen molar-refractivity contribution >= 4 is 28.5 Å². The number of hydrogen-bond acceptors (Lipinski definition) is 2. The fourth-order valence-electron chi connectivity index (χ4n) is 0.842. The number of rotatable bonds is 1. The molecule has 0 aliphatic carbocycles. The second-order valence-electron chi connectivity index (χ2n) is 2.40. The molecule has 0 bridgehead atoms. The minimum atomic E-state index is -1.40. The number of benzene rings is 1. The maximum absolute atomic E-state index is 8.82. The largest absolute Gasteiger partial charge is 0.489 e. The van der Waals surface area contributed by atoms with Crippen LogP contribution in [-0.2, 0) is 0 Å². The van der Waals surface area contributed by atoms with E-state index in [0.29, 0.717) is 5.46 Å². The van der Waals surface area contributed by atoms with Gasteiger partial charge in [-0.15, -0.1) is 0 Å². The quantitative estimate of drug-likeness (QED) is 0.667. The number of halogens is 1. The standard InChI is InChI=1S/C7H8BBrO2/c1-5-2-3-6(8(10)11)7(9)4-5/h2-4,10-11H,1H3. The highest BCUT2D eigenvalue weighted by Gasteiger charge is 2.13. The van der Waals surface area contributed by atoms with Gasteiger partial charge in [0.2, 0.25) is 0 Å². The molecule has 0 amide bonds. The summed E-state index contributed by atoms with van der Waals surface area (Å²) in [6.07, 6.45) is 0. The van der Waals surface area contributed by atoms with Crippen molar-refractivity contribution in [3.05, 3.63) is 28.2 Å². The monoisotopic (exact) mass is 214 g/mol. The Balaban J connectivity index is 3.09. The van der Waals surface area contributed by atoms with Crippen LogP contribution in [-0.4, -0.2) is 17.2 Å². The van der Waals surface area contributed by atoms with Gasteiger partial charge in [-0.05, 0) is 18.5 Å². The highest BCUT2D eigenvalue weighted by atomic mass is 79.9. The topological polar surface area (TPSA) is 40.5 Å². The summed E-state index contributed by atoms with van der Waals surface area (Å²) in [6.45, 7) is 1.94. The Morgan fingerprint density at radius 2 is 2.00 bits per heavy atom. The molecule has 0 aliphatic rings. The van der Waals surface area contributed by atoms with E-state index in [9.17, 15) is 0 Å². The Labute approximate surface area is 74.1 Å². The first-order valence-corrected chi connectivity index (χ1v) is 4.03. The van der Waals surface area contributed by atoms with Gasteiger partial charge in [0.25, 0.3) is 0 Å². The third kappa shape index (κ3) is 2.05. The van der Waals surface area contributed by atoms with Crippen molar-refractivity contribution in [3.8, 4) is 0 Å². The maximum Gasteiger partial charge on any atom is 0.489 e. The molecule has 0 unspecified atom stereocenters. The zero-order valence-electron chi connectivity index (χ0n) is 6.08. The smallest absolute Gasteiger partial charge is 0.423 e. The Hall–Kier alpha value is -0.315. The van der Waals surface area contributed by atoms with Crippen LogP contribution < -0.4 is 5.46 Å². The molecule has 0 radical (unpaired) electrons. The first kappa shape index (κ1) is 8.78. The highest BCUT2D eigenvalue weighted by molar-refractivity contribution is 9.10. The Morgan fingerprint density at radius 3 is 2.45 bits per heavy atom. The average molecular weight is 215 g/mol. The molecule has 0 fully saturated rings. The molecular weight excluding hydrogens is 207 g/mol. The Bertz CT molecular complexity index is 263. The minimum Gasteiger partial charge on any atom is -0.423 e. The van der Waals surface area contributed by atoms with E-state index in [-0.39, 0.29) is 0 Å². The van der Waals surface area contributed by atoms with Gasteiger partial charge in [-0.25, -0.2) is 0 Å². The highest BCUT2D eigenvalue weighted by Crippen LogP contribution is 2.08. The molecule has 58 valence electrons. The third-order valence-corrected chi connectivity index (χ3v) is 2.12. The summed E-state index contributed by atoms with van der Waals surface area (Å²) in [7, 11) is -1.40. The maximum atomic E-state index is 8.82. The van der Waals surface area contributed by atoms with Crippen molar-refractivity contribution in [3.63, 3.8) is 0 Å². The third-order valence-electron chi connectivity index (χ3n) is 1.43. The van der Waals surface area contributed by atoms with Crippen LogP contribution in [0.2, 0.25) is 0 Å². The van der Waals surface area contributed by atoms with Gasteiger partial charge in [0.1, 0.15) is 0 Å². The van der Waals surface area contributed by atoms with E-state index in [1.54, 1.807) is 6.07 Å². The lowest BCUT2D eigenvalue weighted by Crippen LogP contribution is -2.30. The summed E-state index contributed by atoms with van der Waals surface area (Å²) in [6, 6.07) is 5.36. The van der Waals surface area contributed by atoms with Crippen molar-refractivity contribution in [2.24, 2.45) is 0 Å². The Kier molecular flexibility index (Phi) is 2.70. The van der Waals surface area contributed by atoms with Crippen molar-refractivity contribution in [1.29, 1.82) is 0 Å². The van der Waals surface area contributed by atoms with Gasteiger partial charge in [-0.1, -0.05) is 33.6 Å². The lowest BCUT2D eigenvalue weighted by molar-refractivity contribution is 0.425. The number of aryl methyl sites for hydroxylation is 1. The van der Waals surface area contributed by atoms with Crippen molar-refractivity contribution in [2.75, 3.05) is 0 Å². The van der Waals surface area contributed by atoms with Gasteiger partial charge in [0, 0.05) is 4.47 Å². The molecule has 0 saturated heterocycles. The van der Waals surface area contributed by atoms with E-state index < -0.39 is 7.12 Å². The predicted octanol–water partition coefficient (Wildman–Crippen LogP) is 0.437. The Morgan fingerprint density at radius 1 is 1.36 bits per heavy atom. The molecule has 0 saturated carbocycles. The van der Waals surface area contributed by atoms with E-state index in [2.05, 4.69) is 15.9 Å². The summed E-state index contributed by atoms with van der Waals surface area (Å²) in [5.74, 6) is 0. The predicted molar refractivity (Wildman–Crippen MR) is 48.7 cm³/mol. The van der Waals surface area contributed by atoms with E-state index in [1.807, 2.05) is 19.1 Å². The first-order chi connectivity index (χ1) is 5.11. The molecular formula is C7H8BBrO2. The van der Waals surface area contributed by atoms with Crippen LogP contribution in [0.5, 0.6) is 0 Å². The van der Waals surface area contributed by atoms with E-state index in [0.717, 1.165) is 10.0 Å².